The highest BCUT2D eigenvalue weighted by molar-refractivity contribution is 5.99. The third-order valence-corrected chi connectivity index (χ3v) is 4.69. The Labute approximate surface area is 173 Å². The van der Waals surface area contributed by atoms with Crippen molar-refractivity contribution in [2.45, 2.75) is 37.1 Å². The van der Waals surface area contributed by atoms with E-state index in [-0.39, 0.29) is 18.9 Å². The Morgan fingerprint density at radius 3 is 3.00 bits per heavy atom. The number of amides is 1. The number of imidazole rings is 1. The van der Waals surface area contributed by atoms with Crippen molar-refractivity contribution in [1.29, 1.82) is 0 Å². The number of nitrogens with zero attached hydrogens (tertiary/aromatic N) is 5. The summed E-state index contributed by atoms with van der Waals surface area (Å²) in [5.74, 6) is 0.602. The molecule has 5 atom stereocenters. The number of anilines is 1. The summed E-state index contributed by atoms with van der Waals surface area (Å²) in [4.78, 5) is 26.0. The number of carbonyl (C=O) groups is 1. The van der Waals surface area contributed by atoms with E-state index in [0.29, 0.717) is 17.5 Å². The number of fused-ring (bicyclic) bond motifs is 1. The van der Waals surface area contributed by atoms with Crippen molar-refractivity contribution in [3.8, 4) is 0 Å². The first-order valence-corrected chi connectivity index (χ1v) is 9.50. The van der Waals surface area contributed by atoms with Crippen LogP contribution in [0.15, 0.2) is 16.3 Å². The van der Waals surface area contributed by atoms with Gasteiger partial charge in [-0.05, 0) is 0 Å². The fourth-order valence-corrected chi connectivity index (χ4v) is 3.17. The number of aliphatic hydroxyl groups is 2. The summed E-state index contributed by atoms with van der Waals surface area (Å²) in [5.41, 5.74) is 6.58. The minimum atomic E-state index is -1.10. The van der Waals surface area contributed by atoms with E-state index in [1.807, 2.05) is 14.1 Å². The van der Waals surface area contributed by atoms with Gasteiger partial charge in [0.2, 0.25) is 11.9 Å². The van der Waals surface area contributed by atoms with Crippen LogP contribution in [0.25, 0.3) is 0 Å². The van der Waals surface area contributed by atoms with Gasteiger partial charge in [0, 0.05) is 27.6 Å². The van der Waals surface area contributed by atoms with Crippen LogP contribution in [-0.2, 0) is 14.3 Å². The monoisotopic (exact) mass is 424 g/mol. The first-order valence-electron chi connectivity index (χ1n) is 9.50. The summed E-state index contributed by atoms with van der Waals surface area (Å²) in [7, 11) is 5.18. The molecule has 2 unspecified atom stereocenters. The van der Waals surface area contributed by atoms with Crippen LogP contribution in [0.5, 0.6) is 0 Å². The Balaban J connectivity index is 1.83. The summed E-state index contributed by atoms with van der Waals surface area (Å²) in [6.07, 6.45) is -1.13. The molecule has 0 bridgehead atoms. The molecule has 1 aromatic rings. The molecule has 0 radical (unpaired) electrons. The smallest absolute Gasteiger partial charge is 0.227 e. The van der Waals surface area contributed by atoms with Gasteiger partial charge in [0.15, 0.2) is 6.23 Å². The Morgan fingerprint density at radius 2 is 2.33 bits per heavy atom. The second-order valence-corrected chi connectivity index (χ2v) is 7.11. The maximum absolute atomic E-state index is 11.5. The standard InChI is InChI=1S/C17H28N8O5/c1-19-10(27)4-5-29-13-12(28)9(6-26)30-16(13)25-8-20-11-14(18)22-17(23-15(11)25)21-7-24(2)3/h7-9,12-14,16,26,28H,4-6,18H2,1-3H3,(H,19,27)(H,22,23)/b21-7+/t9-,12+,13?,14?,16-/m1/s1. The number of aromatic nitrogens is 2. The van der Waals surface area contributed by atoms with Gasteiger partial charge in [0.25, 0.3) is 0 Å². The third-order valence-electron chi connectivity index (χ3n) is 4.69. The SMILES string of the molecule is CNC(=O)CCOC1[C@@H](O)[C@@H](CO)O[C@H]1n1cnc2c1NC(/N=C/N(C)C)=NC2N. The molecule has 1 aromatic heterocycles. The lowest BCUT2D eigenvalue weighted by atomic mass is 10.1. The first kappa shape index (κ1) is 22.1. The molecule has 13 heteroatoms. The topological polar surface area (TPSA) is 172 Å². The van der Waals surface area contributed by atoms with Crippen molar-refractivity contribution in [3.05, 3.63) is 12.0 Å². The van der Waals surface area contributed by atoms with E-state index in [0.717, 1.165) is 0 Å². The van der Waals surface area contributed by atoms with Crippen molar-refractivity contribution in [3.63, 3.8) is 0 Å². The lowest BCUT2D eigenvalue weighted by Gasteiger charge is -2.25. The van der Waals surface area contributed by atoms with Crippen LogP contribution in [0.1, 0.15) is 24.5 Å². The lowest BCUT2D eigenvalue weighted by molar-refractivity contribution is -0.124. The molecule has 0 spiro atoms. The van der Waals surface area contributed by atoms with Gasteiger partial charge in [0.05, 0.1) is 25.9 Å². The number of carbonyl (C=O) groups excluding carboxylic acids is 1. The van der Waals surface area contributed by atoms with Crippen molar-refractivity contribution >= 4 is 24.0 Å². The van der Waals surface area contributed by atoms with Crippen molar-refractivity contribution < 1.29 is 24.5 Å². The zero-order valence-corrected chi connectivity index (χ0v) is 17.1. The number of hydrogen-bond donors (Lipinski definition) is 5. The predicted octanol–water partition coefficient (Wildman–Crippen LogP) is -2.02. The maximum Gasteiger partial charge on any atom is 0.227 e. The van der Waals surface area contributed by atoms with E-state index >= 15 is 0 Å². The lowest BCUT2D eigenvalue weighted by Crippen LogP contribution is -2.36. The highest BCUT2D eigenvalue weighted by atomic mass is 16.6. The normalized spacial score (nSPS) is 28.2. The maximum atomic E-state index is 11.5. The van der Waals surface area contributed by atoms with Crippen molar-refractivity contribution in [2.24, 2.45) is 15.7 Å². The Hall–Kier alpha value is -2.58. The molecule has 0 saturated carbocycles. The molecule has 6 N–H and O–H groups in total. The number of nitrogens with one attached hydrogen (secondary N) is 2. The molecule has 3 rings (SSSR count). The molecular weight excluding hydrogens is 396 g/mol. The first-order chi connectivity index (χ1) is 14.3. The van der Waals surface area contributed by atoms with Crippen molar-refractivity contribution in [2.75, 3.05) is 39.7 Å². The van der Waals surface area contributed by atoms with Crippen molar-refractivity contribution in [1.82, 2.24) is 19.8 Å². The number of hydrogen-bond acceptors (Lipinski definition) is 10. The van der Waals surface area contributed by atoms with Crippen LogP contribution < -0.4 is 16.4 Å². The van der Waals surface area contributed by atoms with Gasteiger partial charge in [-0.25, -0.2) is 15.0 Å². The summed E-state index contributed by atoms with van der Waals surface area (Å²) in [5, 5.41) is 25.7. The molecule has 1 fully saturated rings. The molecule has 2 aliphatic heterocycles. The minimum absolute atomic E-state index is 0.0725. The van der Waals surface area contributed by atoms with Gasteiger partial charge < -0.3 is 41.0 Å². The zero-order chi connectivity index (χ0) is 21.8. The molecule has 3 heterocycles. The molecule has 0 aliphatic carbocycles. The third kappa shape index (κ3) is 4.60. The number of ether oxygens (including phenoxy) is 2. The summed E-state index contributed by atoms with van der Waals surface area (Å²) >= 11 is 0. The highest BCUT2D eigenvalue weighted by Crippen LogP contribution is 2.37. The molecular formula is C17H28N8O5. The number of aliphatic imine (C=N–C) groups is 2. The molecule has 30 heavy (non-hydrogen) atoms. The van der Waals surface area contributed by atoms with E-state index in [1.54, 1.807) is 15.8 Å². The van der Waals surface area contributed by atoms with Gasteiger partial charge in [-0.2, -0.15) is 0 Å². The van der Waals surface area contributed by atoms with Crippen LogP contribution >= 0.6 is 0 Å². The van der Waals surface area contributed by atoms with Gasteiger partial charge in [-0.15, -0.1) is 0 Å². The van der Waals surface area contributed by atoms with E-state index in [4.69, 9.17) is 15.2 Å². The van der Waals surface area contributed by atoms with Gasteiger partial charge in [-0.1, -0.05) is 0 Å². The van der Waals surface area contributed by atoms with Crippen LogP contribution in [0.4, 0.5) is 5.82 Å². The predicted molar refractivity (Wildman–Crippen MR) is 108 cm³/mol. The fraction of sp³-hybridized carbons (Fsp3) is 0.647. The fourth-order valence-electron chi connectivity index (χ4n) is 3.17. The Bertz CT molecular complexity index is 810. The average molecular weight is 424 g/mol. The van der Waals surface area contributed by atoms with Crippen LogP contribution in [0, 0.1) is 0 Å². The summed E-state index contributed by atoms with van der Waals surface area (Å²) < 4.78 is 13.2. The van der Waals surface area contributed by atoms with Gasteiger partial charge in [-0.3, -0.25) is 9.36 Å². The molecule has 13 nitrogen and oxygen atoms in total. The van der Waals surface area contributed by atoms with Crippen LogP contribution in [0.3, 0.4) is 0 Å². The molecule has 1 amide bonds. The molecule has 166 valence electrons. The number of nitrogens with two attached hydrogens (primary N) is 1. The zero-order valence-electron chi connectivity index (χ0n) is 17.1. The number of rotatable bonds is 7. The molecule has 2 aliphatic rings. The Morgan fingerprint density at radius 1 is 1.57 bits per heavy atom. The second-order valence-electron chi connectivity index (χ2n) is 7.11. The summed E-state index contributed by atoms with van der Waals surface area (Å²) in [6.45, 7) is -0.320. The molecule has 0 aromatic carbocycles. The highest BCUT2D eigenvalue weighted by Gasteiger charge is 2.46. The summed E-state index contributed by atoms with van der Waals surface area (Å²) in [6, 6.07) is 0. The largest absolute Gasteiger partial charge is 0.394 e. The average Bonchev–Trinajstić information content (AvgIpc) is 3.27. The Kier molecular flexibility index (Phi) is 6.99. The molecule has 1 saturated heterocycles. The van der Waals surface area contributed by atoms with E-state index in [9.17, 15) is 15.0 Å². The number of aliphatic hydroxyl groups excluding tert-OH is 2. The second kappa shape index (κ2) is 9.49. The van der Waals surface area contributed by atoms with Crippen LogP contribution in [0.2, 0.25) is 0 Å². The van der Waals surface area contributed by atoms with E-state index < -0.39 is 37.3 Å². The number of guanidine groups is 1. The van der Waals surface area contributed by atoms with E-state index in [2.05, 4.69) is 25.6 Å². The van der Waals surface area contributed by atoms with Gasteiger partial charge in [0.1, 0.15) is 36.0 Å². The van der Waals surface area contributed by atoms with Gasteiger partial charge >= 0.3 is 0 Å². The minimum Gasteiger partial charge on any atom is -0.394 e. The van der Waals surface area contributed by atoms with E-state index in [1.165, 1.54) is 13.4 Å². The quantitative estimate of drug-likeness (QED) is 0.245. The van der Waals surface area contributed by atoms with Crippen LogP contribution in [-0.4, -0.2) is 95.5 Å².